The van der Waals surface area contributed by atoms with Gasteiger partial charge in [-0.1, -0.05) is 0 Å². The van der Waals surface area contributed by atoms with E-state index < -0.39 is 0 Å². The third-order valence-corrected chi connectivity index (χ3v) is 4.13. The van der Waals surface area contributed by atoms with Gasteiger partial charge in [-0.15, -0.1) is 0 Å². The predicted molar refractivity (Wildman–Crippen MR) is 60.8 cm³/mol. The maximum absolute atomic E-state index is 12.5. The average molecular weight is 214 g/mol. The van der Waals surface area contributed by atoms with Gasteiger partial charge in [0, 0.05) is 30.7 Å². The van der Waals surface area contributed by atoms with Crippen LogP contribution in [-0.2, 0) is 0 Å². The monoisotopic (exact) mass is 214 g/mol. The summed E-state index contributed by atoms with van der Waals surface area (Å²) in [5.74, 6) is 0.815. The van der Waals surface area contributed by atoms with Gasteiger partial charge in [0.1, 0.15) is 6.67 Å². The van der Waals surface area contributed by atoms with Gasteiger partial charge in [0.2, 0.25) is 0 Å². The van der Waals surface area contributed by atoms with Gasteiger partial charge in [0.25, 0.3) is 0 Å². The largest absolute Gasteiger partial charge is 0.308 e. The molecule has 1 saturated heterocycles. The lowest BCUT2D eigenvalue weighted by atomic mass is 9.87. The molecule has 1 N–H and O–H groups in total. The van der Waals surface area contributed by atoms with Gasteiger partial charge in [-0.2, -0.15) is 0 Å². The molecule has 1 saturated carbocycles. The highest BCUT2D eigenvalue weighted by molar-refractivity contribution is 5.06. The number of alkyl halides is 1. The van der Waals surface area contributed by atoms with Crippen molar-refractivity contribution in [3.8, 4) is 0 Å². The molecule has 1 aliphatic carbocycles. The fourth-order valence-corrected chi connectivity index (χ4v) is 2.67. The third-order valence-electron chi connectivity index (χ3n) is 4.13. The van der Waals surface area contributed by atoms with E-state index in [1.807, 2.05) is 0 Å². The van der Waals surface area contributed by atoms with Gasteiger partial charge in [-0.3, -0.25) is 4.90 Å². The van der Waals surface area contributed by atoms with Crippen molar-refractivity contribution in [3.05, 3.63) is 0 Å². The topological polar surface area (TPSA) is 15.3 Å². The molecule has 15 heavy (non-hydrogen) atoms. The molecule has 0 radical (unpaired) electrons. The van der Waals surface area contributed by atoms with E-state index in [4.69, 9.17) is 0 Å². The molecule has 88 valence electrons. The van der Waals surface area contributed by atoms with Crippen LogP contribution < -0.4 is 5.32 Å². The first-order chi connectivity index (χ1) is 6.98. The summed E-state index contributed by atoms with van der Waals surface area (Å²) < 4.78 is 12.5. The van der Waals surface area contributed by atoms with Gasteiger partial charge in [0.15, 0.2) is 0 Å². The second-order valence-electron chi connectivity index (χ2n) is 5.97. The zero-order chi connectivity index (χ0) is 11.1. The van der Waals surface area contributed by atoms with Crippen molar-refractivity contribution >= 4 is 0 Å². The number of hydrogen-bond acceptors (Lipinski definition) is 2. The van der Waals surface area contributed by atoms with Crippen LogP contribution >= 0.6 is 0 Å². The lowest BCUT2D eigenvalue weighted by Crippen LogP contribution is -2.68. The van der Waals surface area contributed by atoms with E-state index in [1.165, 1.54) is 12.8 Å². The molecule has 2 rings (SSSR count). The molecule has 0 amide bonds. The Morgan fingerprint density at radius 1 is 1.33 bits per heavy atom. The van der Waals surface area contributed by atoms with Gasteiger partial charge < -0.3 is 5.32 Å². The summed E-state index contributed by atoms with van der Waals surface area (Å²) in [5, 5.41) is 3.67. The first-order valence-electron chi connectivity index (χ1n) is 6.04. The Balaban J connectivity index is 2.05. The summed E-state index contributed by atoms with van der Waals surface area (Å²) in [4.78, 5) is 2.31. The smallest absolute Gasteiger partial charge is 0.102 e. The number of halogens is 1. The maximum Gasteiger partial charge on any atom is 0.102 e. The minimum absolute atomic E-state index is 0.0977. The van der Waals surface area contributed by atoms with Crippen LogP contribution in [0.5, 0.6) is 0 Å². The van der Waals surface area contributed by atoms with E-state index in [9.17, 15) is 4.39 Å². The van der Waals surface area contributed by atoms with E-state index in [0.29, 0.717) is 6.54 Å². The highest BCUT2D eigenvalue weighted by Crippen LogP contribution is 2.42. The van der Waals surface area contributed by atoms with Crippen molar-refractivity contribution in [2.45, 2.75) is 44.7 Å². The van der Waals surface area contributed by atoms with E-state index in [2.05, 4.69) is 31.0 Å². The Morgan fingerprint density at radius 3 is 2.53 bits per heavy atom. The zero-order valence-electron chi connectivity index (χ0n) is 10.1. The van der Waals surface area contributed by atoms with Crippen molar-refractivity contribution in [2.75, 3.05) is 26.3 Å². The van der Waals surface area contributed by atoms with Crippen molar-refractivity contribution < 1.29 is 4.39 Å². The van der Waals surface area contributed by atoms with Gasteiger partial charge in [-0.25, -0.2) is 4.39 Å². The molecule has 1 unspecified atom stereocenters. The molecule has 0 spiro atoms. The third kappa shape index (κ3) is 2.18. The molecular weight excluding hydrogens is 191 g/mol. The molecule has 2 aliphatic rings. The minimum Gasteiger partial charge on any atom is -0.308 e. The number of piperazine rings is 1. The predicted octanol–water partition coefficient (Wildman–Crippen LogP) is 1.81. The summed E-state index contributed by atoms with van der Waals surface area (Å²) in [6.07, 6.45) is 2.68. The summed E-state index contributed by atoms with van der Waals surface area (Å²) in [7, 11) is 0. The first-order valence-corrected chi connectivity index (χ1v) is 6.04. The van der Waals surface area contributed by atoms with Crippen LogP contribution in [0.4, 0.5) is 4.39 Å². The van der Waals surface area contributed by atoms with E-state index in [1.54, 1.807) is 0 Å². The Kier molecular flexibility index (Phi) is 2.80. The molecule has 1 atom stereocenters. The molecule has 2 fully saturated rings. The Bertz CT molecular complexity index is 238. The van der Waals surface area contributed by atoms with Gasteiger partial charge >= 0.3 is 0 Å². The van der Waals surface area contributed by atoms with E-state index >= 15 is 0 Å². The summed E-state index contributed by atoms with van der Waals surface area (Å²) in [6, 6.07) is 0. The molecule has 1 aliphatic heterocycles. The Hall–Kier alpha value is -0.150. The number of nitrogens with one attached hydrogen (secondary N) is 1. The van der Waals surface area contributed by atoms with Crippen molar-refractivity contribution in [2.24, 2.45) is 5.92 Å². The van der Waals surface area contributed by atoms with Crippen LogP contribution in [0, 0.1) is 5.92 Å². The van der Waals surface area contributed by atoms with Crippen LogP contribution in [0.3, 0.4) is 0 Å². The molecule has 0 aromatic carbocycles. The molecule has 3 heteroatoms. The molecule has 0 aromatic heterocycles. The van der Waals surface area contributed by atoms with Crippen LogP contribution in [0.15, 0.2) is 0 Å². The second kappa shape index (κ2) is 3.70. The lowest BCUT2D eigenvalue weighted by molar-refractivity contribution is 0.0204. The van der Waals surface area contributed by atoms with Crippen LogP contribution in [0.2, 0.25) is 0 Å². The molecule has 2 nitrogen and oxygen atoms in total. The Labute approximate surface area is 92.2 Å². The SMILES string of the molecule is CC1(C2CC2)CN(CCF)C(C)(C)CN1. The fourth-order valence-electron chi connectivity index (χ4n) is 2.67. The number of rotatable bonds is 3. The standard InChI is InChI=1S/C12H23FN2/c1-11(2)8-14-12(3,10-4-5-10)9-15(11)7-6-13/h10,14H,4-9H2,1-3H3. The number of nitrogens with zero attached hydrogens (tertiary/aromatic N) is 1. The van der Waals surface area contributed by atoms with Crippen LogP contribution in [0.1, 0.15) is 33.6 Å². The van der Waals surface area contributed by atoms with Crippen molar-refractivity contribution in [1.29, 1.82) is 0 Å². The highest BCUT2D eigenvalue weighted by Gasteiger charge is 2.47. The quantitative estimate of drug-likeness (QED) is 0.771. The first kappa shape index (κ1) is 11.3. The zero-order valence-corrected chi connectivity index (χ0v) is 10.1. The average Bonchev–Trinajstić information content (AvgIpc) is 2.96. The maximum atomic E-state index is 12.5. The second-order valence-corrected chi connectivity index (χ2v) is 5.97. The van der Waals surface area contributed by atoms with Crippen molar-refractivity contribution in [3.63, 3.8) is 0 Å². The van der Waals surface area contributed by atoms with Crippen molar-refractivity contribution in [1.82, 2.24) is 10.2 Å². The molecule has 0 aromatic rings. The normalized spacial score (nSPS) is 36.8. The van der Waals surface area contributed by atoms with Crippen LogP contribution in [0.25, 0.3) is 0 Å². The molecular formula is C12H23FN2. The van der Waals surface area contributed by atoms with E-state index in [0.717, 1.165) is 19.0 Å². The Morgan fingerprint density at radius 2 is 2.00 bits per heavy atom. The van der Waals surface area contributed by atoms with E-state index in [-0.39, 0.29) is 17.8 Å². The lowest BCUT2D eigenvalue weighted by Gasteiger charge is -2.51. The summed E-state index contributed by atoms with van der Waals surface area (Å²) in [6.45, 7) is 9.01. The molecule has 0 bridgehead atoms. The van der Waals surface area contributed by atoms with Gasteiger partial charge in [-0.05, 0) is 39.5 Å². The highest BCUT2D eigenvalue weighted by atomic mass is 19.1. The van der Waals surface area contributed by atoms with Gasteiger partial charge in [0.05, 0.1) is 0 Å². The fraction of sp³-hybridized carbons (Fsp3) is 1.00. The van der Waals surface area contributed by atoms with Crippen LogP contribution in [-0.4, -0.2) is 42.3 Å². The summed E-state index contributed by atoms with van der Waals surface area (Å²) >= 11 is 0. The number of hydrogen-bond donors (Lipinski definition) is 1. The minimum atomic E-state index is -0.232. The molecule has 1 heterocycles. The summed E-state index contributed by atoms with van der Waals surface area (Å²) in [5.41, 5.74) is 0.325.